The topological polar surface area (TPSA) is 63.4 Å². The van der Waals surface area contributed by atoms with Crippen molar-refractivity contribution in [1.82, 2.24) is 19.9 Å². The number of ether oxygens (including phenoxy) is 1. The summed E-state index contributed by atoms with van der Waals surface area (Å²) in [6.07, 6.45) is 2.20. The van der Waals surface area contributed by atoms with Gasteiger partial charge >= 0.3 is 0 Å². The number of β-amino-alcohol motifs (C(OH)–C–C–N with tert-alkyl or cyclic N) is 1. The van der Waals surface area contributed by atoms with Gasteiger partial charge in [-0.05, 0) is 24.1 Å². The smallest absolute Gasteiger partial charge is 0.119 e. The largest absolute Gasteiger partial charge is 0.497 e. The average Bonchev–Trinajstić information content (AvgIpc) is 3.06. The third-order valence-electron chi connectivity index (χ3n) is 4.03. The molecule has 1 aromatic heterocycles. The highest BCUT2D eigenvalue weighted by Crippen LogP contribution is 2.34. The molecule has 2 heterocycles. The summed E-state index contributed by atoms with van der Waals surface area (Å²) in [6.45, 7) is 1.38. The predicted molar refractivity (Wildman–Crippen MR) is 77.8 cm³/mol. The third kappa shape index (κ3) is 2.91. The van der Waals surface area contributed by atoms with Crippen LogP contribution in [0.4, 0.5) is 0 Å². The van der Waals surface area contributed by atoms with Gasteiger partial charge in [0.25, 0.3) is 0 Å². The zero-order valence-electron chi connectivity index (χ0n) is 12.3. The molecule has 0 bridgehead atoms. The summed E-state index contributed by atoms with van der Waals surface area (Å²) < 4.78 is 7.07. The number of hydrogen-bond acceptors (Lipinski definition) is 5. The highest BCUT2D eigenvalue weighted by molar-refractivity contribution is 5.31. The molecular formula is C15H20N4O2. The fraction of sp³-hybridized carbons (Fsp3) is 0.467. The first-order valence-electron chi connectivity index (χ1n) is 7.07. The molecule has 1 fully saturated rings. The number of methoxy groups -OCH3 is 1. The molecule has 6 nitrogen and oxygen atoms in total. The van der Waals surface area contributed by atoms with Crippen LogP contribution in [0.15, 0.2) is 30.5 Å². The molecule has 6 heteroatoms. The van der Waals surface area contributed by atoms with Crippen LogP contribution in [0, 0.1) is 0 Å². The Hall–Kier alpha value is -1.92. The van der Waals surface area contributed by atoms with Crippen molar-refractivity contribution >= 4 is 0 Å². The first-order valence-corrected chi connectivity index (χ1v) is 7.07. The number of aliphatic hydroxyl groups excluding tert-OH is 1. The van der Waals surface area contributed by atoms with Gasteiger partial charge in [-0.2, -0.15) is 0 Å². The Bertz CT molecular complexity index is 613. The van der Waals surface area contributed by atoms with E-state index >= 15 is 0 Å². The number of rotatable bonds is 4. The van der Waals surface area contributed by atoms with Crippen LogP contribution in [-0.4, -0.2) is 44.8 Å². The molecular weight excluding hydrogens is 268 g/mol. The summed E-state index contributed by atoms with van der Waals surface area (Å²) in [5.74, 6) is 0.844. The lowest BCUT2D eigenvalue weighted by atomic mass is 10.0. The second kappa shape index (κ2) is 5.83. The van der Waals surface area contributed by atoms with E-state index in [1.807, 2.05) is 25.2 Å². The minimum Gasteiger partial charge on any atom is -0.497 e. The summed E-state index contributed by atoms with van der Waals surface area (Å²) in [7, 11) is 3.55. The van der Waals surface area contributed by atoms with E-state index in [4.69, 9.17) is 4.74 Å². The highest BCUT2D eigenvalue weighted by atomic mass is 16.5. The number of aromatic nitrogens is 3. The molecule has 2 aromatic rings. The van der Waals surface area contributed by atoms with E-state index in [-0.39, 0.29) is 12.1 Å². The molecule has 112 valence electrons. The quantitative estimate of drug-likeness (QED) is 0.914. The Morgan fingerprint density at radius 3 is 3.00 bits per heavy atom. The van der Waals surface area contributed by atoms with E-state index in [2.05, 4.69) is 21.3 Å². The van der Waals surface area contributed by atoms with Gasteiger partial charge in [-0.25, -0.2) is 0 Å². The highest BCUT2D eigenvalue weighted by Gasteiger charge is 2.32. The van der Waals surface area contributed by atoms with Crippen molar-refractivity contribution < 1.29 is 9.84 Å². The van der Waals surface area contributed by atoms with Gasteiger partial charge in [0.05, 0.1) is 25.1 Å². The molecule has 0 aliphatic carbocycles. The van der Waals surface area contributed by atoms with Gasteiger partial charge < -0.3 is 9.84 Å². The molecule has 1 saturated heterocycles. The molecule has 2 atom stereocenters. The van der Waals surface area contributed by atoms with Crippen molar-refractivity contribution in [3.05, 3.63) is 41.7 Å². The van der Waals surface area contributed by atoms with Crippen molar-refractivity contribution in [3.8, 4) is 5.75 Å². The molecule has 0 saturated carbocycles. The van der Waals surface area contributed by atoms with Crippen LogP contribution >= 0.6 is 0 Å². The number of likely N-dealkylation sites (tertiary alicyclic amines) is 1. The number of aryl methyl sites for hydroxylation is 1. The second-order valence-electron chi connectivity index (χ2n) is 5.46. The van der Waals surface area contributed by atoms with E-state index in [9.17, 15) is 5.11 Å². The number of hydrogen-bond donors (Lipinski definition) is 1. The predicted octanol–water partition coefficient (Wildman–Crippen LogP) is 1.13. The normalized spacial score (nSPS) is 22.6. The van der Waals surface area contributed by atoms with Gasteiger partial charge in [0.2, 0.25) is 0 Å². The molecule has 21 heavy (non-hydrogen) atoms. The Labute approximate surface area is 124 Å². The van der Waals surface area contributed by atoms with E-state index < -0.39 is 0 Å². The fourth-order valence-corrected chi connectivity index (χ4v) is 2.91. The number of benzene rings is 1. The van der Waals surface area contributed by atoms with Crippen molar-refractivity contribution in [2.45, 2.75) is 25.1 Å². The van der Waals surface area contributed by atoms with Crippen LogP contribution in [0.1, 0.15) is 23.7 Å². The summed E-state index contributed by atoms with van der Waals surface area (Å²) in [6, 6.07) is 8.23. The monoisotopic (exact) mass is 288 g/mol. The van der Waals surface area contributed by atoms with Crippen LogP contribution in [0.2, 0.25) is 0 Å². The van der Waals surface area contributed by atoms with Crippen LogP contribution in [-0.2, 0) is 13.6 Å². The van der Waals surface area contributed by atoms with Crippen LogP contribution in [0.3, 0.4) is 0 Å². The summed E-state index contributed by atoms with van der Waals surface area (Å²) >= 11 is 0. The van der Waals surface area contributed by atoms with Gasteiger partial charge in [-0.1, -0.05) is 17.3 Å². The number of aliphatic hydroxyl groups is 1. The summed E-state index contributed by atoms with van der Waals surface area (Å²) in [5, 5.41) is 17.9. The molecule has 0 amide bonds. The first-order chi connectivity index (χ1) is 10.2. The zero-order chi connectivity index (χ0) is 14.8. The van der Waals surface area contributed by atoms with Crippen LogP contribution in [0.5, 0.6) is 5.75 Å². The van der Waals surface area contributed by atoms with E-state index in [0.717, 1.165) is 24.4 Å². The third-order valence-corrected chi connectivity index (χ3v) is 4.03. The van der Waals surface area contributed by atoms with Crippen molar-refractivity contribution in [3.63, 3.8) is 0 Å². The Kier molecular flexibility index (Phi) is 3.90. The van der Waals surface area contributed by atoms with Crippen molar-refractivity contribution in [1.29, 1.82) is 0 Å². The minimum absolute atomic E-state index is 0.185. The van der Waals surface area contributed by atoms with Gasteiger partial charge in [-0.3, -0.25) is 9.58 Å². The maximum atomic E-state index is 10.0. The molecule has 1 aromatic carbocycles. The average molecular weight is 288 g/mol. The SMILES string of the molecule is COc1cccc([C@H]2C[C@@H](O)CN2Cc2cnnn2C)c1. The van der Waals surface area contributed by atoms with E-state index in [0.29, 0.717) is 6.54 Å². The molecule has 1 aliphatic heterocycles. The lowest BCUT2D eigenvalue weighted by Gasteiger charge is -2.24. The molecule has 0 unspecified atom stereocenters. The summed E-state index contributed by atoms with van der Waals surface area (Å²) in [4.78, 5) is 2.26. The maximum Gasteiger partial charge on any atom is 0.119 e. The molecule has 0 spiro atoms. The summed E-state index contributed by atoms with van der Waals surface area (Å²) in [5.41, 5.74) is 2.21. The second-order valence-corrected chi connectivity index (χ2v) is 5.46. The minimum atomic E-state index is -0.303. The van der Waals surface area contributed by atoms with Gasteiger partial charge in [0.1, 0.15) is 5.75 Å². The molecule has 1 aliphatic rings. The molecule has 0 radical (unpaired) electrons. The van der Waals surface area contributed by atoms with Crippen LogP contribution < -0.4 is 4.74 Å². The van der Waals surface area contributed by atoms with E-state index in [1.165, 1.54) is 5.56 Å². The lowest BCUT2D eigenvalue weighted by molar-refractivity contribution is 0.171. The molecule has 3 rings (SSSR count). The Morgan fingerprint density at radius 1 is 1.43 bits per heavy atom. The van der Waals surface area contributed by atoms with Crippen molar-refractivity contribution in [2.75, 3.05) is 13.7 Å². The van der Waals surface area contributed by atoms with E-state index in [1.54, 1.807) is 18.0 Å². The van der Waals surface area contributed by atoms with Gasteiger partial charge in [-0.15, -0.1) is 5.10 Å². The van der Waals surface area contributed by atoms with Crippen molar-refractivity contribution in [2.24, 2.45) is 7.05 Å². The zero-order valence-corrected chi connectivity index (χ0v) is 12.3. The maximum absolute atomic E-state index is 10.0. The molecule has 1 N–H and O–H groups in total. The Morgan fingerprint density at radius 2 is 2.29 bits per heavy atom. The van der Waals surface area contributed by atoms with Gasteiger partial charge in [0.15, 0.2) is 0 Å². The standard InChI is InChI=1S/C15H20N4O2/c1-18-12(8-16-17-18)9-19-10-13(20)7-15(19)11-4-3-5-14(6-11)21-2/h3-6,8,13,15,20H,7,9-10H2,1-2H3/t13-,15-/m1/s1. The lowest BCUT2D eigenvalue weighted by Crippen LogP contribution is -2.25. The number of nitrogens with zero attached hydrogens (tertiary/aromatic N) is 4. The van der Waals surface area contributed by atoms with Gasteiger partial charge in [0, 0.05) is 26.2 Å². The fourth-order valence-electron chi connectivity index (χ4n) is 2.91. The first kappa shape index (κ1) is 14.0. The Balaban J connectivity index is 1.83. The van der Waals surface area contributed by atoms with Crippen LogP contribution in [0.25, 0.3) is 0 Å².